The first kappa shape index (κ1) is 20.9. The first-order valence-electron chi connectivity index (χ1n) is 10.7. The van der Waals surface area contributed by atoms with Crippen LogP contribution in [0.25, 0.3) is 0 Å². The largest absolute Gasteiger partial charge is 0.486 e. The van der Waals surface area contributed by atoms with Crippen molar-refractivity contribution in [2.45, 2.75) is 32.7 Å². The average Bonchev–Trinajstić information content (AvgIpc) is 3.32. The number of rotatable bonds is 7. The molecule has 0 saturated heterocycles. The Bertz CT molecular complexity index is 974. The Morgan fingerprint density at radius 3 is 2.65 bits per heavy atom. The van der Waals surface area contributed by atoms with Gasteiger partial charge in [0.05, 0.1) is 12.3 Å². The molecule has 162 valence electrons. The minimum atomic E-state index is -0.121. The van der Waals surface area contributed by atoms with E-state index in [-0.39, 0.29) is 24.7 Å². The highest BCUT2D eigenvalue weighted by atomic mass is 16.6. The lowest BCUT2D eigenvalue weighted by Gasteiger charge is -2.25. The predicted octanol–water partition coefficient (Wildman–Crippen LogP) is 3.22. The van der Waals surface area contributed by atoms with Gasteiger partial charge in [-0.2, -0.15) is 5.10 Å². The molecule has 2 aromatic rings. The Balaban J connectivity index is 1.33. The van der Waals surface area contributed by atoms with Crippen LogP contribution in [0.3, 0.4) is 0 Å². The smallest absolute Gasteiger partial charge is 0.243 e. The third kappa shape index (κ3) is 4.87. The number of amides is 2. The summed E-state index contributed by atoms with van der Waals surface area (Å²) in [6.07, 6.45) is 1.03. The molecule has 2 aliphatic heterocycles. The minimum Gasteiger partial charge on any atom is -0.486 e. The second kappa shape index (κ2) is 9.64. The van der Waals surface area contributed by atoms with Crippen LogP contribution in [0.4, 0.5) is 0 Å². The zero-order valence-corrected chi connectivity index (χ0v) is 17.8. The van der Waals surface area contributed by atoms with Crippen LogP contribution in [0.15, 0.2) is 53.6 Å². The molecule has 2 heterocycles. The van der Waals surface area contributed by atoms with Crippen molar-refractivity contribution >= 4 is 17.5 Å². The molecule has 7 nitrogen and oxygen atoms in total. The standard InChI is InChI=1S/C24H27N3O4/c1-2-26(17-19-9-6-10-21-24(19)31-16-15-30-21)22(28)11-12-23(29)27-14-13-20(25-27)18-7-4-3-5-8-18/h3-10H,2,11-17H2,1H3. The number of carbonyl (C=O) groups is 2. The summed E-state index contributed by atoms with van der Waals surface area (Å²) in [6, 6.07) is 15.6. The second-order valence-corrected chi connectivity index (χ2v) is 7.53. The number of hydrogen-bond acceptors (Lipinski definition) is 5. The first-order valence-corrected chi connectivity index (χ1v) is 10.7. The molecule has 0 N–H and O–H groups in total. The lowest BCUT2D eigenvalue weighted by Crippen LogP contribution is -2.32. The molecule has 2 aliphatic rings. The predicted molar refractivity (Wildman–Crippen MR) is 117 cm³/mol. The van der Waals surface area contributed by atoms with Gasteiger partial charge in [-0.3, -0.25) is 9.59 Å². The van der Waals surface area contributed by atoms with Crippen molar-refractivity contribution in [3.63, 3.8) is 0 Å². The fraction of sp³-hybridized carbons (Fsp3) is 0.375. The highest BCUT2D eigenvalue weighted by molar-refractivity contribution is 6.02. The number of para-hydroxylation sites is 1. The van der Waals surface area contributed by atoms with Gasteiger partial charge in [0.25, 0.3) is 0 Å². The summed E-state index contributed by atoms with van der Waals surface area (Å²) < 4.78 is 11.4. The van der Waals surface area contributed by atoms with Crippen molar-refractivity contribution in [3.8, 4) is 11.5 Å². The number of hydrogen-bond donors (Lipinski definition) is 0. The molecule has 0 spiro atoms. The number of benzene rings is 2. The van der Waals surface area contributed by atoms with E-state index in [1.165, 1.54) is 5.01 Å². The van der Waals surface area contributed by atoms with Gasteiger partial charge in [-0.1, -0.05) is 42.5 Å². The Morgan fingerprint density at radius 2 is 1.84 bits per heavy atom. The summed E-state index contributed by atoms with van der Waals surface area (Å²) in [5.74, 6) is 1.24. The molecule has 2 amide bonds. The molecule has 0 atom stereocenters. The van der Waals surface area contributed by atoms with E-state index in [1.54, 1.807) is 4.90 Å². The normalized spacial score (nSPS) is 14.9. The maximum absolute atomic E-state index is 12.8. The van der Waals surface area contributed by atoms with Crippen LogP contribution in [-0.2, 0) is 16.1 Å². The second-order valence-electron chi connectivity index (χ2n) is 7.53. The van der Waals surface area contributed by atoms with Crippen LogP contribution >= 0.6 is 0 Å². The van der Waals surface area contributed by atoms with Crippen LogP contribution in [0, 0.1) is 0 Å². The van der Waals surface area contributed by atoms with Gasteiger partial charge in [-0.05, 0) is 18.6 Å². The molecule has 7 heteroatoms. The Morgan fingerprint density at radius 1 is 1.03 bits per heavy atom. The average molecular weight is 421 g/mol. The van der Waals surface area contributed by atoms with E-state index in [4.69, 9.17) is 9.47 Å². The molecule has 0 aromatic heterocycles. The molecule has 0 fully saturated rings. The van der Waals surface area contributed by atoms with Crippen LogP contribution < -0.4 is 9.47 Å². The van der Waals surface area contributed by atoms with E-state index in [0.717, 1.165) is 23.3 Å². The summed E-state index contributed by atoms with van der Waals surface area (Å²) in [6.45, 7) is 4.50. The molecule has 0 radical (unpaired) electrons. The van der Waals surface area contributed by atoms with Gasteiger partial charge in [0, 0.05) is 37.9 Å². The quantitative estimate of drug-likeness (QED) is 0.688. The Labute approximate surface area is 182 Å². The molecule has 0 bridgehead atoms. The highest BCUT2D eigenvalue weighted by Crippen LogP contribution is 2.34. The van der Waals surface area contributed by atoms with Crippen LogP contribution in [-0.4, -0.2) is 53.7 Å². The first-order chi connectivity index (χ1) is 15.2. The van der Waals surface area contributed by atoms with E-state index in [0.29, 0.717) is 44.3 Å². The summed E-state index contributed by atoms with van der Waals surface area (Å²) >= 11 is 0. The van der Waals surface area contributed by atoms with E-state index in [2.05, 4.69) is 5.10 Å². The van der Waals surface area contributed by atoms with Gasteiger partial charge in [0.15, 0.2) is 11.5 Å². The molecule has 0 aliphatic carbocycles. The lowest BCUT2D eigenvalue weighted by atomic mass is 10.1. The van der Waals surface area contributed by atoms with Crippen molar-refractivity contribution in [1.82, 2.24) is 9.91 Å². The minimum absolute atomic E-state index is 0.0587. The number of hydrazone groups is 1. The number of ether oxygens (including phenoxy) is 2. The van der Waals surface area contributed by atoms with E-state index in [9.17, 15) is 9.59 Å². The highest BCUT2D eigenvalue weighted by Gasteiger charge is 2.24. The van der Waals surface area contributed by atoms with Crippen molar-refractivity contribution in [2.75, 3.05) is 26.3 Å². The molecular weight excluding hydrogens is 394 g/mol. The van der Waals surface area contributed by atoms with Crippen LogP contribution in [0.5, 0.6) is 11.5 Å². The van der Waals surface area contributed by atoms with Crippen molar-refractivity contribution in [1.29, 1.82) is 0 Å². The maximum atomic E-state index is 12.8. The van der Waals surface area contributed by atoms with Gasteiger partial charge in [-0.25, -0.2) is 5.01 Å². The third-order valence-electron chi connectivity index (χ3n) is 5.49. The number of carbonyl (C=O) groups excluding carboxylic acids is 2. The van der Waals surface area contributed by atoms with Crippen LogP contribution in [0.1, 0.15) is 37.3 Å². The van der Waals surface area contributed by atoms with Crippen molar-refractivity contribution < 1.29 is 19.1 Å². The topological polar surface area (TPSA) is 71.4 Å². The summed E-state index contributed by atoms with van der Waals surface area (Å²) in [4.78, 5) is 27.1. The fourth-order valence-corrected chi connectivity index (χ4v) is 3.81. The Kier molecular flexibility index (Phi) is 6.50. The van der Waals surface area contributed by atoms with Gasteiger partial charge in [0.1, 0.15) is 13.2 Å². The molecular formula is C24H27N3O4. The van der Waals surface area contributed by atoms with Gasteiger partial charge in [0.2, 0.25) is 11.8 Å². The van der Waals surface area contributed by atoms with Crippen molar-refractivity contribution in [3.05, 3.63) is 59.7 Å². The monoisotopic (exact) mass is 421 g/mol. The van der Waals surface area contributed by atoms with Crippen LogP contribution in [0.2, 0.25) is 0 Å². The van der Waals surface area contributed by atoms with Gasteiger partial charge >= 0.3 is 0 Å². The lowest BCUT2D eigenvalue weighted by molar-refractivity contribution is -0.137. The molecule has 2 aromatic carbocycles. The fourth-order valence-electron chi connectivity index (χ4n) is 3.81. The van der Waals surface area contributed by atoms with E-state index in [1.807, 2.05) is 55.5 Å². The zero-order valence-electron chi connectivity index (χ0n) is 17.8. The van der Waals surface area contributed by atoms with Gasteiger partial charge < -0.3 is 14.4 Å². The van der Waals surface area contributed by atoms with E-state index < -0.39 is 0 Å². The van der Waals surface area contributed by atoms with Crippen molar-refractivity contribution in [2.24, 2.45) is 5.10 Å². The zero-order chi connectivity index (χ0) is 21.6. The summed E-state index contributed by atoms with van der Waals surface area (Å²) in [7, 11) is 0. The maximum Gasteiger partial charge on any atom is 0.243 e. The molecule has 0 unspecified atom stereocenters. The molecule has 31 heavy (non-hydrogen) atoms. The SMILES string of the molecule is CCN(Cc1cccc2c1OCCO2)C(=O)CCC(=O)N1CCC(c2ccccc2)=N1. The molecule has 4 rings (SSSR count). The third-order valence-corrected chi connectivity index (χ3v) is 5.49. The van der Waals surface area contributed by atoms with E-state index >= 15 is 0 Å². The summed E-state index contributed by atoms with van der Waals surface area (Å²) in [5, 5.41) is 5.95. The Hall–Kier alpha value is -3.35. The molecule has 0 saturated carbocycles. The number of fused-ring (bicyclic) bond motifs is 1. The van der Waals surface area contributed by atoms with Gasteiger partial charge in [-0.15, -0.1) is 0 Å². The number of nitrogens with zero attached hydrogens (tertiary/aromatic N) is 3. The summed E-state index contributed by atoms with van der Waals surface area (Å²) in [5.41, 5.74) is 2.85.